The first-order valence-corrected chi connectivity index (χ1v) is 7.85. The summed E-state index contributed by atoms with van der Waals surface area (Å²) in [4.78, 5) is 2.97. The Bertz CT molecular complexity index is 790. The van der Waals surface area contributed by atoms with Gasteiger partial charge in [-0.25, -0.2) is 4.39 Å². The Kier molecular flexibility index (Phi) is 4.69. The molecule has 0 unspecified atom stereocenters. The Morgan fingerprint density at radius 1 is 1.25 bits per heavy atom. The first kappa shape index (κ1) is 16.3. The summed E-state index contributed by atoms with van der Waals surface area (Å²) in [6.07, 6.45) is 0.594. The number of aliphatic hydroxyl groups excluding tert-OH is 1. The first-order chi connectivity index (χ1) is 11.6. The number of para-hydroxylation sites is 1. The minimum absolute atomic E-state index is 0.00885. The number of aliphatic hydroxyl groups is 1. The van der Waals surface area contributed by atoms with Crippen LogP contribution in [0.4, 0.5) is 4.39 Å². The van der Waals surface area contributed by atoms with Crippen LogP contribution in [0, 0.1) is 11.7 Å². The fraction of sp³-hybridized carbons (Fsp3) is 0.333. The van der Waals surface area contributed by atoms with Gasteiger partial charge in [0.05, 0.1) is 6.04 Å². The van der Waals surface area contributed by atoms with Gasteiger partial charge in [-0.1, -0.05) is 30.2 Å². The molecule has 0 spiro atoms. The molecule has 2 aromatic rings. The van der Waals surface area contributed by atoms with Crippen LogP contribution in [0.15, 0.2) is 47.6 Å². The zero-order valence-corrected chi connectivity index (χ0v) is 13.3. The first-order valence-electron chi connectivity index (χ1n) is 7.85. The van der Waals surface area contributed by atoms with Crippen LogP contribution >= 0.6 is 0 Å². The number of hydrogen-bond acceptors (Lipinski definition) is 3. The third-order valence-electron chi connectivity index (χ3n) is 4.35. The van der Waals surface area contributed by atoms with Gasteiger partial charge in [-0.15, -0.1) is 0 Å². The second-order valence-electron chi connectivity index (χ2n) is 6.10. The van der Waals surface area contributed by atoms with E-state index in [0.29, 0.717) is 23.5 Å². The van der Waals surface area contributed by atoms with Crippen LogP contribution in [-0.4, -0.2) is 11.7 Å². The molecule has 0 amide bonds. The zero-order valence-electron chi connectivity index (χ0n) is 13.3. The Balaban J connectivity index is 2.20. The number of ether oxygens (including phenoxy) is 1. The molecule has 1 heterocycles. The largest absolute Gasteiger partial charge is 0.457 e. The third-order valence-corrected chi connectivity index (χ3v) is 4.35. The van der Waals surface area contributed by atoms with Crippen molar-refractivity contribution < 1.29 is 14.2 Å². The van der Waals surface area contributed by atoms with Crippen LogP contribution in [-0.2, 0) is 0 Å². The molecule has 5 nitrogen and oxygen atoms in total. The van der Waals surface area contributed by atoms with Crippen molar-refractivity contribution in [2.75, 3.05) is 6.61 Å². The molecule has 3 rings (SSSR count). The van der Waals surface area contributed by atoms with E-state index < -0.39 is 11.9 Å². The highest BCUT2D eigenvalue weighted by molar-refractivity contribution is 5.49. The molecule has 0 radical (unpaired) electrons. The zero-order chi connectivity index (χ0) is 17.1. The minimum Gasteiger partial charge on any atom is -0.457 e. The standard InChI is InChI=1S/C18H18FN3O2/c1-11(10-23)8-14-13-4-2-3-5-16(13)24-17-7-6-12(19)9-15(17)18(14)21-22-20/h2-7,9,11,14,18,23H,8,10H2,1H3/t11-,14-,18+/m1/s1. The van der Waals surface area contributed by atoms with Gasteiger partial charge in [0.1, 0.15) is 17.3 Å². The summed E-state index contributed by atoms with van der Waals surface area (Å²) < 4.78 is 19.8. The molecule has 1 N–H and O–H groups in total. The van der Waals surface area contributed by atoms with Gasteiger partial charge in [-0.2, -0.15) is 0 Å². The van der Waals surface area contributed by atoms with Crippen LogP contribution < -0.4 is 4.74 Å². The number of benzene rings is 2. The van der Waals surface area contributed by atoms with Crippen LogP contribution in [0.5, 0.6) is 11.5 Å². The SMILES string of the molecule is C[C@@H](CO)C[C@@H]1c2ccccc2Oc2ccc(F)cc2[C@H]1N=[N+]=[N-]. The Labute approximate surface area is 139 Å². The summed E-state index contributed by atoms with van der Waals surface area (Å²) in [5.74, 6) is 0.545. The summed E-state index contributed by atoms with van der Waals surface area (Å²) in [5.41, 5.74) is 10.5. The number of halogens is 1. The lowest BCUT2D eigenvalue weighted by Gasteiger charge is -2.25. The van der Waals surface area contributed by atoms with Gasteiger partial charge in [0.25, 0.3) is 0 Å². The lowest BCUT2D eigenvalue weighted by atomic mass is 9.81. The van der Waals surface area contributed by atoms with Gasteiger partial charge in [-0.05, 0) is 47.7 Å². The second kappa shape index (κ2) is 6.91. The smallest absolute Gasteiger partial charge is 0.131 e. The summed E-state index contributed by atoms with van der Waals surface area (Å²) >= 11 is 0. The van der Waals surface area contributed by atoms with E-state index >= 15 is 0 Å². The van der Waals surface area contributed by atoms with Gasteiger partial charge >= 0.3 is 0 Å². The van der Waals surface area contributed by atoms with Gasteiger partial charge in [0, 0.05) is 23.0 Å². The highest BCUT2D eigenvalue weighted by Crippen LogP contribution is 2.49. The average Bonchev–Trinajstić information content (AvgIpc) is 2.71. The van der Waals surface area contributed by atoms with Crippen molar-refractivity contribution in [3.05, 3.63) is 69.9 Å². The van der Waals surface area contributed by atoms with Crippen molar-refractivity contribution >= 4 is 0 Å². The number of nitrogens with zero attached hydrogens (tertiary/aromatic N) is 3. The maximum atomic E-state index is 13.8. The quantitative estimate of drug-likeness (QED) is 0.482. The molecular weight excluding hydrogens is 309 g/mol. The minimum atomic E-state index is -0.599. The Morgan fingerprint density at radius 2 is 2.00 bits per heavy atom. The fourth-order valence-electron chi connectivity index (χ4n) is 3.19. The molecule has 0 bridgehead atoms. The van der Waals surface area contributed by atoms with E-state index in [0.717, 1.165) is 5.56 Å². The second-order valence-corrected chi connectivity index (χ2v) is 6.10. The van der Waals surface area contributed by atoms with Crippen LogP contribution in [0.25, 0.3) is 10.4 Å². The van der Waals surface area contributed by atoms with Crippen LogP contribution in [0.3, 0.4) is 0 Å². The molecule has 0 saturated heterocycles. The highest BCUT2D eigenvalue weighted by Gasteiger charge is 2.33. The van der Waals surface area contributed by atoms with Crippen molar-refractivity contribution in [2.24, 2.45) is 11.0 Å². The lowest BCUT2D eigenvalue weighted by molar-refractivity contribution is 0.219. The summed E-state index contributed by atoms with van der Waals surface area (Å²) in [6, 6.07) is 11.2. The maximum Gasteiger partial charge on any atom is 0.131 e. The van der Waals surface area contributed by atoms with Gasteiger partial charge in [0.2, 0.25) is 0 Å². The third kappa shape index (κ3) is 3.07. The molecule has 124 valence electrons. The van der Waals surface area contributed by atoms with Crippen molar-refractivity contribution in [1.29, 1.82) is 0 Å². The summed E-state index contributed by atoms with van der Waals surface area (Å²) in [6.45, 7) is 1.95. The van der Waals surface area contributed by atoms with Crippen molar-refractivity contribution in [1.82, 2.24) is 0 Å². The Morgan fingerprint density at radius 3 is 2.75 bits per heavy atom. The molecule has 0 aliphatic carbocycles. The average molecular weight is 327 g/mol. The predicted octanol–water partition coefficient (Wildman–Crippen LogP) is 5.09. The van der Waals surface area contributed by atoms with Crippen LogP contribution in [0.2, 0.25) is 0 Å². The molecular formula is C18H18FN3O2. The molecule has 0 fully saturated rings. The summed E-state index contributed by atoms with van der Waals surface area (Å²) in [5, 5.41) is 13.4. The maximum absolute atomic E-state index is 13.8. The van der Waals surface area contributed by atoms with E-state index in [1.165, 1.54) is 12.1 Å². The van der Waals surface area contributed by atoms with Crippen molar-refractivity contribution in [2.45, 2.75) is 25.3 Å². The number of azide groups is 1. The highest BCUT2D eigenvalue weighted by atomic mass is 19.1. The van der Waals surface area contributed by atoms with E-state index in [9.17, 15) is 9.50 Å². The summed E-state index contributed by atoms with van der Waals surface area (Å²) in [7, 11) is 0. The van der Waals surface area contributed by atoms with Gasteiger partial charge in [0.15, 0.2) is 0 Å². The lowest BCUT2D eigenvalue weighted by Crippen LogP contribution is -2.14. The molecule has 6 heteroatoms. The topological polar surface area (TPSA) is 78.2 Å². The van der Waals surface area contributed by atoms with Gasteiger partial charge in [-0.3, -0.25) is 0 Å². The van der Waals surface area contributed by atoms with E-state index in [1.807, 2.05) is 31.2 Å². The molecule has 1 aliphatic heterocycles. The molecule has 1 aliphatic rings. The molecule has 2 aromatic carbocycles. The normalized spacial score (nSPS) is 20.0. The van der Waals surface area contributed by atoms with E-state index in [-0.39, 0.29) is 18.4 Å². The Hall–Kier alpha value is -2.56. The predicted molar refractivity (Wildman–Crippen MR) is 88.4 cm³/mol. The van der Waals surface area contributed by atoms with Crippen molar-refractivity contribution in [3.63, 3.8) is 0 Å². The van der Waals surface area contributed by atoms with E-state index in [2.05, 4.69) is 10.0 Å². The van der Waals surface area contributed by atoms with E-state index in [4.69, 9.17) is 10.3 Å². The molecule has 24 heavy (non-hydrogen) atoms. The number of hydrogen-bond donors (Lipinski definition) is 1. The fourth-order valence-corrected chi connectivity index (χ4v) is 3.19. The van der Waals surface area contributed by atoms with E-state index in [1.54, 1.807) is 6.07 Å². The monoisotopic (exact) mass is 327 g/mol. The molecule has 0 aromatic heterocycles. The number of rotatable bonds is 4. The molecule has 0 saturated carbocycles. The molecule has 3 atom stereocenters. The van der Waals surface area contributed by atoms with Gasteiger partial charge < -0.3 is 9.84 Å². The van der Waals surface area contributed by atoms with Crippen LogP contribution in [0.1, 0.15) is 36.4 Å². The van der Waals surface area contributed by atoms with Crippen molar-refractivity contribution in [3.8, 4) is 11.5 Å². The number of fused-ring (bicyclic) bond motifs is 2.